The molecule has 1 aliphatic rings. The van der Waals surface area contributed by atoms with E-state index in [1.54, 1.807) is 24.3 Å². The van der Waals surface area contributed by atoms with Crippen molar-refractivity contribution in [2.45, 2.75) is 6.04 Å². The molecule has 1 aromatic rings. The zero-order valence-electron chi connectivity index (χ0n) is 11.7. The Morgan fingerprint density at radius 3 is 2.52 bits per heavy atom. The normalized spacial score (nSPS) is 18.1. The average molecular weight is 307 g/mol. The zero-order valence-corrected chi connectivity index (χ0v) is 12.5. The predicted molar refractivity (Wildman–Crippen MR) is 82.0 cm³/mol. The van der Waals surface area contributed by atoms with Gasteiger partial charge in [0.25, 0.3) is 5.91 Å². The summed E-state index contributed by atoms with van der Waals surface area (Å²) in [5.74, 6) is -0.441. The van der Waals surface area contributed by atoms with Gasteiger partial charge < -0.3 is 20.7 Å². The number of ether oxygens (including phenoxy) is 1. The highest BCUT2D eigenvalue weighted by Crippen LogP contribution is 2.14. The molecule has 7 heteroatoms. The Labute approximate surface area is 128 Å². The van der Waals surface area contributed by atoms with Gasteiger partial charge >= 0.3 is 0 Å². The van der Waals surface area contributed by atoms with Crippen LogP contribution in [0.2, 0.25) is 0 Å². The predicted octanol–water partition coefficient (Wildman–Crippen LogP) is -0.0922. The van der Waals surface area contributed by atoms with Crippen LogP contribution in [-0.2, 0) is 9.53 Å². The topological polar surface area (TPSA) is 84.7 Å². The molecule has 3 N–H and O–H groups in total. The van der Waals surface area contributed by atoms with Crippen LogP contribution in [0.1, 0.15) is 15.9 Å². The van der Waals surface area contributed by atoms with Crippen LogP contribution in [0.4, 0.5) is 0 Å². The Kier molecular flexibility index (Phi) is 4.87. The van der Waals surface area contributed by atoms with Crippen LogP contribution in [0.5, 0.6) is 0 Å². The van der Waals surface area contributed by atoms with E-state index in [1.165, 1.54) is 11.9 Å². The molecule has 0 bridgehead atoms. The second-order valence-electron chi connectivity index (χ2n) is 4.65. The summed E-state index contributed by atoms with van der Waals surface area (Å²) in [5, 5.41) is 2.55. The molecular weight excluding hydrogens is 290 g/mol. The van der Waals surface area contributed by atoms with Gasteiger partial charge in [0.2, 0.25) is 5.91 Å². The highest BCUT2D eigenvalue weighted by molar-refractivity contribution is 7.80. The van der Waals surface area contributed by atoms with Gasteiger partial charge in [0.1, 0.15) is 11.0 Å². The molecule has 112 valence electrons. The minimum atomic E-state index is -0.605. The number of nitrogens with two attached hydrogens (primary N) is 1. The maximum atomic E-state index is 12.5. The molecule has 1 aliphatic heterocycles. The lowest BCUT2D eigenvalue weighted by molar-refractivity contribution is -0.130. The number of likely N-dealkylation sites (N-methyl/N-ethyl adjacent to an activating group) is 1. The van der Waals surface area contributed by atoms with Gasteiger partial charge in [-0.3, -0.25) is 9.59 Å². The van der Waals surface area contributed by atoms with E-state index in [0.29, 0.717) is 24.3 Å². The monoisotopic (exact) mass is 307 g/mol. The van der Waals surface area contributed by atoms with E-state index >= 15 is 0 Å². The second-order valence-corrected chi connectivity index (χ2v) is 5.08. The van der Waals surface area contributed by atoms with Gasteiger partial charge in [-0.2, -0.15) is 0 Å². The zero-order chi connectivity index (χ0) is 15.4. The van der Waals surface area contributed by atoms with E-state index in [-0.39, 0.29) is 23.4 Å². The lowest BCUT2D eigenvalue weighted by Crippen LogP contribution is -2.55. The summed E-state index contributed by atoms with van der Waals surface area (Å²) in [4.78, 5) is 26.2. The Bertz CT molecular complexity index is 559. The number of thiocarbonyl (C=S) groups is 1. The number of nitrogens with zero attached hydrogens (tertiary/aromatic N) is 1. The second kappa shape index (κ2) is 6.64. The number of carbonyl (C=O) groups excluding carboxylic acids is 2. The number of amides is 2. The third-order valence-corrected chi connectivity index (χ3v) is 3.59. The molecule has 1 unspecified atom stereocenters. The first kappa shape index (κ1) is 15.4. The molecule has 0 aromatic heterocycles. The molecule has 1 aromatic carbocycles. The molecule has 0 aliphatic carbocycles. The van der Waals surface area contributed by atoms with Crippen molar-refractivity contribution in [3.8, 4) is 0 Å². The number of hydrogen-bond acceptors (Lipinski definition) is 4. The Morgan fingerprint density at radius 2 is 1.95 bits per heavy atom. The van der Waals surface area contributed by atoms with Crippen LogP contribution in [0.3, 0.4) is 0 Å². The van der Waals surface area contributed by atoms with Gasteiger partial charge in [0, 0.05) is 24.7 Å². The molecule has 0 spiro atoms. The number of nitrogens with one attached hydrogen (secondary N) is 1. The Balaban J connectivity index is 2.20. The summed E-state index contributed by atoms with van der Waals surface area (Å²) in [6, 6.07) is 6.11. The van der Waals surface area contributed by atoms with Crippen molar-refractivity contribution in [2.75, 3.05) is 26.8 Å². The van der Waals surface area contributed by atoms with Crippen molar-refractivity contribution in [1.82, 2.24) is 10.2 Å². The fourth-order valence-corrected chi connectivity index (χ4v) is 2.31. The van der Waals surface area contributed by atoms with Crippen molar-refractivity contribution < 1.29 is 14.3 Å². The lowest BCUT2D eigenvalue weighted by atomic mass is 10.1. The van der Waals surface area contributed by atoms with Gasteiger partial charge in [-0.1, -0.05) is 24.4 Å². The Hall–Kier alpha value is -1.99. The third-order valence-electron chi connectivity index (χ3n) is 3.35. The summed E-state index contributed by atoms with van der Waals surface area (Å²) in [6.45, 7) is 1.01. The van der Waals surface area contributed by atoms with Crippen LogP contribution in [0, 0.1) is 0 Å². The molecule has 2 amide bonds. The maximum absolute atomic E-state index is 12.5. The number of rotatable bonds is 3. The minimum Gasteiger partial charge on any atom is -0.389 e. The number of carbonyl (C=O) groups is 2. The molecule has 1 atom stereocenters. The van der Waals surface area contributed by atoms with E-state index < -0.39 is 6.04 Å². The summed E-state index contributed by atoms with van der Waals surface area (Å²) < 4.78 is 5.28. The first-order chi connectivity index (χ1) is 10.0. The first-order valence-corrected chi connectivity index (χ1v) is 6.95. The number of benzene rings is 1. The van der Waals surface area contributed by atoms with Gasteiger partial charge in [-0.15, -0.1) is 0 Å². The molecule has 1 heterocycles. The standard InChI is InChI=1S/C14H17N3O3S/c1-16-13(18)11-8-20-7-6-17(11)14(19)10-4-2-9(3-5-10)12(15)21/h2-5,11H,6-8H2,1H3,(H2,15,21)(H,16,18). The lowest BCUT2D eigenvalue weighted by Gasteiger charge is -2.34. The largest absolute Gasteiger partial charge is 0.389 e. The summed E-state index contributed by atoms with van der Waals surface area (Å²) in [7, 11) is 1.54. The van der Waals surface area contributed by atoms with Gasteiger partial charge in [0.15, 0.2) is 0 Å². The maximum Gasteiger partial charge on any atom is 0.254 e. The molecule has 0 saturated carbocycles. The van der Waals surface area contributed by atoms with Crippen molar-refractivity contribution >= 4 is 29.0 Å². The van der Waals surface area contributed by atoms with Crippen molar-refractivity contribution in [1.29, 1.82) is 0 Å². The summed E-state index contributed by atoms with van der Waals surface area (Å²) >= 11 is 4.88. The molecule has 1 saturated heterocycles. The van der Waals surface area contributed by atoms with E-state index in [0.717, 1.165) is 0 Å². The van der Waals surface area contributed by atoms with E-state index in [1.807, 2.05) is 0 Å². The molecule has 21 heavy (non-hydrogen) atoms. The Morgan fingerprint density at radius 1 is 1.33 bits per heavy atom. The highest BCUT2D eigenvalue weighted by atomic mass is 32.1. The van der Waals surface area contributed by atoms with Crippen molar-refractivity contribution in [2.24, 2.45) is 5.73 Å². The van der Waals surface area contributed by atoms with Crippen molar-refractivity contribution in [3.05, 3.63) is 35.4 Å². The molecular formula is C14H17N3O3S. The smallest absolute Gasteiger partial charge is 0.254 e. The number of morpholine rings is 1. The quantitative estimate of drug-likeness (QED) is 0.762. The summed E-state index contributed by atoms with van der Waals surface area (Å²) in [6.07, 6.45) is 0. The molecule has 2 rings (SSSR count). The SMILES string of the molecule is CNC(=O)C1COCCN1C(=O)c1ccc(C(N)=S)cc1. The van der Waals surface area contributed by atoms with Gasteiger partial charge in [-0.05, 0) is 12.1 Å². The van der Waals surface area contributed by atoms with Crippen LogP contribution >= 0.6 is 12.2 Å². The fourth-order valence-electron chi connectivity index (χ4n) is 2.17. The van der Waals surface area contributed by atoms with Crippen LogP contribution < -0.4 is 11.1 Å². The van der Waals surface area contributed by atoms with Crippen LogP contribution in [-0.4, -0.2) is 54.6 Å². The van der Waals surface area contributed by atoms with E-state index in [2.05, 4.69) is 5.32 Å². The first-order valence-electron chi connectivity index (χ1n) is 6.54. The number of hydrogen-bond donors (Lipinski definition) is 2. The van der Waals surface area contributed by atoms with Crippen LogP contribution in [0.25, 0.3) is 0 Å². The minimum absolute atomic E-state index is 0.205. The van der Waals surface area contributed by atoms with Crippen molar-refractivity contribution in [3.63, 3.8) is 0 Å². The average Bonchev–Trinajstić information content (AvgIpc) is 2.53. The molecule has 0 radical (unpaired) electrons. The van der Waals surface area contributed by atoms with Gasteiger partial charge in [-0.25, -0.2) is 0 Å². The third kappa shape index (κ3) is 3.37. The molecule has 6 nitrogen and oxygen atoms in total. The summed E-state index contributed by atoms with van der Waals surface area (Å²) in [5.41, 5.74) is 6.72. The highest BCUT2D eigenvalue weighted by Gasteiger charge is 2.32. The van der Waals surface area contributed by atoms with E-state index in [9.17, 15) is 9.59 Å². The van der Waals surface area contributed by atoms with Gasteiger partial charge in [0.05, 0.1) is 13.2 Å². The van der Waals surface area contributed by atoms with E-state index in [4.69, 9.17) is 22.7 Å². The molecule has 1 fully saturated rings. The van der Waals surface area contributed by atoms with Crippen LogP contribution in [0.15, 0.2) is 24.3 Å². The fraction of sp³-hybridized carbons (Fsp3) is 0.357.